The Labute approximate surface area is 108 Å². The van der Waals surface area contributed by atoms with Crippen LogP contribution in [0.5, 0.6) is 0 Å². The first-order chi connectivity index (χ1) is 8.33. The molecular formula is C15H33N2+. The van der Waals surface area contributed by atoms with Crippen LogP contribution in [-0.4, -0.2) is 43.8 Å². The molecule has 0 aromatic carbocycles. The lowest BCUT2D eigenvalue weighted by atomic mass is 10.1. The highest BCUT2D eigenvalue weighted by atomic mass is 15.4. The minimum atomic E-state index is 1.21. The summed E-state index contributed by atoms with van der Waals surface area (Å²) in [6.45, 7) is 12.7. The van der Waals surface area contributed by atoms with E-state index in [2.05, 4.69) is 19.2 Å². The number of unbranched alkanes of at least 4 members (excludes halogenated alkanes) is 2. The van der Waals surface area contributed by atoms with E-state index in [1.165, 1.54) is 88.7 Å². The van der Waals surface area contributed by atoms with Gasteiger partial charge in [-0.2, -0.15) is 0 Å². The van der Waals surface area contributed by atoms with E-state index in [0.717, 1.165) is 0 Å². The van der Waals surface area contributed by atoms with Crippen LogP contribution >= 0.6 is 0 Å². The van der Waals surface area contributed by atoms with E-state index in [-0.39, 0.29) is 0 Å². The maximum Gasteiger partial charge on any atom is 0.0913 e. The molecule has 0 amide bonds. The third-order valence-corrected chi connectivity index (χ3v) is 4.22. The predicted octanol–water partition coefficient (Wildman–Crippen LogP) is 3.18. The smallest absolute Gasteiger partial charge is 0.0913 e. The van der Waals surface area contributed by atoms with Crippen molar-refractivity contribution in [2.24, 2.45) is 0 Å². The van der Waals surface area contributed by atoms with Crippen molar-refractivity contribution in [2.45, 2.75) is 58.8 Å². The minimum Gasteiger partial charge on any atom is -0.323 e. The van der Waals surface area contributed by atoms with Gasteiger partial charge in [-0.05, 0) is 38.6 Å². The molecule has 17 heavy (non-hydrogen) atoms. The molecule has 1 N–H and O–H groups in total. The van der Waals surface area contributed by atoms with E-state index in [0.29, 0.717) is 0 Å². The Morgan fingerprint density at radius 1 is 0.824 bits per heavy atom. The second-order valence-electron chi connectivity index (χ2n) is 5.75. The average Bonchev–Trinajstić information content (AvgIpc) is 2.37. The van der Waals surface area contributed by atoms with Gasteiger partial charge >= 0.3 is 0 Å². The summed E-state index contributed by atoms with van der Waals surface area (Å²) in [7, 11) is 0. The maximum atomic E-state index is 3.62. The van der Waals surface area contributed by atoms with Crippen LogP contribution < -0.4 is 5.32 Å². The van der Waals surface area contributed by atoms with Crippen molar-refractivity contribution in [2.75, 3.05) is 39.3 Å². The number of hydrogen-bond acceptors (Lipinski definition) is 1. The van der Waals surface area contributed by atoms with Crippen molar-refractivity contribution in [3.05, 3.63) is 0 Å². The van der Waals surface area contributed by atoms with Crippen molar-refractivity contribution < 1.29 is 4.48 Å². The fourth-order valence-electron chi connectivity index (χ4n) is 2.98. The van der Waals surface area contributed by atoms with Crippen molar-refractivity contribution in [1.29, 1.82) is 0 Å². The molecule has 1 rings (SSSR count). The lowest BCUT2D eigenvalue weighted by Crippen LogP contribution is -2.54. The molecule has 1 aliphatic rings. The van der Waals surface area contributed by atoms with E-state index in [1.54, 1.807) is 0 Å². The molecule has 0 atom stereocenters. The largest absolute Gasteiger partial charge is 0.323 e. The third-order valence-electron chi connectivity index (χ3n) is 4.22. The molecule has 0 saturated carbocycles. The van der Waals surface area contributed by atoms with Gasteiger partial charge in [0.05, 0.1) is 26.2 Å². The highest BCUT2D eigenvalue weighted by Gasteiger charge is 2.28. The van der Waals surface area contributed by atoms with Crippen LogP contribution in [0.4, 0.5) is 0 Å². The second-order valence-corrected chi connectivity index (χ2v) is 5.75. The highest BCUT2D eigenvalue weighted by molar-refractivity contribution is 4.57. The second kappa shape index (κ2) is 8.93. The summed E-state index contributed by atoms with van der Waals surface area (Å²) in [4.78, 5) is 0. The van der Waals surface area contributed by atoms with Crippen LogP contribution in [0.3, 0.4) is 0 Å². The van der Waals surface area contributed by atoms with Gasteiger partial charge in [0.25, 0.3) is 0 Å². The molecular weight excluding hydrogens is 208 g/mol. The van der Waals surface area contributed by atoms with Crippen LogP contribution in [0.1, 0.15) is 58.8 Å². The number of nitrogens with zero attached hydrogens (tertiary/aromatic N) is 1. The number of nitrogens with one attached hydrogen (secondary N) is 1. The van der Waals surface area contributed by atoms with Gasteiger partial charge in [0.2, 0.25) is 0 Å². The van der Waals surface area contributed by atoms with Gasteiger partial charge in [-0.1, -0.05) is 26.7 Å². The Kier molecular flexibility index (Phi) is 7.87. The molecule has 102 valence electrons. The monoisotopic (exact) mass is 241 g/mol. The van der Waals surface area contributed by atoms with Gasteiger partial charge in [0, 0.05) is 6.54 Å². The fourth-order valence-corrected chi connectivity index (χ4v) is 2.98. The van der Waals surface area contributed by atoms with Crippen molar-refractivity contribution in [3.63, 3.8) is 0 Å². The van der Waals surface area contributed by atoms with Gasteiger partial charge in [0.15, 0.2) is 0 Å². The zero-order valence-electron chi connectivity index (χ0n) is 12.1. The standard InChI is InChI=1S/C15H33N2/c1-3-5-10-16-11-15-17(12-6-4-2)13-8-7-9-14-17/h16H,3-15H2,1-2H3/q+1. The van der Waals surface area contributed by atoms with Crippen molar-refractivity contribution >= 4 is 0 Å². The molecule has 0 bridgehead atoms. The summed E-state index contributed by atoms with van der Waals surface area (Å²) in [5.74, 6) is 0. The fraction of sp³-hybridized carbons (Fsp3) is 1.00. The summed E-state index contributed by atoms with van der Waals surface area (Å²) in [6.07, 6.45) is 9.78. The molecule has 0 aliphatic carbocycles. The topological polar surface area (TPSA) is 12.0 Å². The van der Waals surface area contributed by atoms with E-state index < -0.39 is 0 Å². The number of piperidine rings is 1. The number of hydrogen-bond donors (Lipinski definition) is 1. The van der Waals surface area contributed by atoms with E-state index in [4.69, 9.17) is 0 Å². The Morgan fingerprint density at radius 2 is 1.53 bits per heavy atom. The summed E-state index contributed by atoms with van der Waals surface area (Å²) < 4.78 is 1.41. The zero-order chi connectivity index (χ0) is 12.4. The van der Waals surface area contributed by atoms with Gasteiger partial charge in [-0.15, -0.1) is 0 Å². The normalized spacial score (nSPS) is 19.4. The third kappa shape index (κ3) is 5.87. The highest BCUT2D eigenvalue weighted by Crippen LogP contribution is 2.19. The molecule has 0 unspecified atom stereocenters. The maximum absolute atomic E-state index is 3.62. The predicted molar refractivity (Wildman–Crippen MR) is 76.3 cm³/mol. The number of likely N-dealkylation sites (tertiary alicyclic amines) is 1. The van der Waals surface area contributed by atoms with Gasteiger partial charge in [0.1, 0.15) is 0 Å². The molecule has 1 fully saturated rings. The Hall–Kier alpha value is -0.0800. The molecule has 1 heterocycles. The summed E-state index contributed by atoms with van der Waals surface area (Å²) >= 11 is 0. The van der Waals surface area contributed by atoms with E-state index >= 15 is 0 Å². The summed E-state index contributed by atoms with van der Waals surface area (Å²) in [6, 6.07) is 0. The quantitative estimate of drug-likeness (QED) is 0.483. The van der Waals surface area contributed by atoms with Gasteiger partial charge < -0.3 is 9.80 Å². The van der Waals surface area contributed by atoms with Crippen LogP contribution in [0.2, 0.25) is 0 Å². The summed E-state index contributed by atoms with van der Waals surface area (Å²) in [5, 5.41) is 3.62. The Bertz CT molecular complexity index is 174. The Morgan fingerprint density at radius 3 is 2.18 bits per heavy atom. The molecule has 1 aliphatic heterocycles. The molecule has 0 radical (unpaired) electrons. The zero-order valence-corrected chi connectivity index (χ0v) is 12.1. The van der Waals surface area contributed by atoms with Crippen molar-refractivity contribution in [1.82, 2.24) is 5.32 Å². The summed E-state index contributed by atoms with van der Waals surface area (Å²) in [5.41, 5.74) is 0. The van der Waals surface area contributed by atoms with Gasteiger partial charge in [-0.3, -0.25) is 0 Å². The van der Waals surface area contributed by atoms with Gasteiger partial charge in [-0.25, -0.2) is 0 Å². The SMILES string of the molecule is CCCCNCC[N+]1(CCCC)CCCCC1. The Balaban J connectivity index is 2.24. The molecule has 0 aromatic heterocycles. The lowest BCUT2D eigenvalue weighted by Gasteiger charge is -2.42. The van der Waals surface area contributed by atoms with Crippen LogP contribution in [0.25, 0.3) is 0 Å². The molecule has 2 heteroatoms. The first kappa shape index (κ1) is 15.0. The number of quaternary nitrogens is 1. The first-order valence-corrected chi connectivity index (χ1v) is 7.89. The van der Waals surface area contributed by atoms with Crippen LogP contribution in [0, 0.1) is 0 Å². The molecule has 2 nitrogen and oxygen atoms in total. The molecule has 1 saturated heterocycles. The molecule has 0 aromatic rings. The van der Waals surface area contributed by atoms with E-state index in [1.807, 2.05) is 0 Å². The van der Waals surface area contributed by atoms with Crippen LogP contribution in [0.15, 0.2) is 0 Å². The van der Waals surface area contributed by atoms with E-state index in [9.17, 15) is 0 Å². The first-order valence-electron chi connectivity index (χ1n) is 7.89. The molecule has 0 spiro atoms. The minimum absolute atomic E-state index is 1.21. The number of rotatable bonds is 9. The van der Waals surface area contributed by atoms with Crippen LogP contribution in [-0.2, 0) is 0 Å². The average molecular weight is 241 g/mol. The van der Waals surface area contributed by atoms with Crippen molar-refractivity contribution in [3.8, 4) is 0 Å². The lowest BCUT2D eigenvalue weighted by molar-refractivity contribution is -0.931.